The summed E-state index contributed by atoms with van der Waals surface area (Å²) >= 11 is 0. The van der Waals surface area contributed by atoms with E-state index < -0.39 is 0 Å². The lowest BCUT2D eigenvalue weighted by molar-refractivity contribution is 0.395. The van der Waals surface area contributed by atoms with E-state index in [1.54, 1.807) is 26.5 Å². The second kappa shape index (κ2) is 5.27. The highest BCUT2D eigenvalue weighted by atomic mass is 16.5. The van der Waals surface area contributed by atoms with E-state index in [0.717, 1.165) is 17.1 Å². The molecule has 0 aliphatic rings. The Labute approximate surface area is 106 Å². The Kier molecular flexibility index (Phi) is 3.52. The SMILES string of the molecule is COc1ccc(Nc2cccnc2N)c(OC)c1. The standard InChI is InChI=1S/C13H15N3O2/c1-17-9-5-6-10(12(8-9)18-2)16-11-4-3-7-15-13(11)14/h3-8,16H,1-2H3,(H2,14,15). The summed E-state index contributed by atoms with van der Waals surface area (Å²) in [6, 6.07) is 9.18. The molecule has 0 saturated carbocycles. The molecule has 0 aliphatic carbocycles. The molecule has 1 aromatic heterocycles. The summed E-state index contributed by atoms with van der Waals surface area (Å²) in [5.74, 6) is 1.85. The lowest BCUT2D eigenvalue weighted by atomic mass is 10.2. The summed E-state index contributed by atoms with van der Waals surface area (Å²) in [6.45, 7) is 0. The van der Waals surface area contributed by atoms with Crippen LogP contribution in [0.25, 0.3) is 0 Å². The summed E-state index contributed by atoms with van der Waals surface area (Å²) in [6.07, 6.45) is 1.64. The molecule has 1 aromatic carbocycles. The van der Waals surface area contributed by atoms with Gasteiger partial charge in [0.2, 0.25) is 0 Å². The van der Waals surface area contributed by atoms with Gasteiger partial charge >= 0.3 is 0 Å². The molecule has 0 saturated heterocycles. The monoisotopic (exact) mass is 245 g/mol. The first-order valence-corrected chi connectivity index (χ1v) is 5.44. The van der Waals surface area contributed by atoms with Gasteiger partial charge in [-0.15, -0.1) is 0 Å². The van der Waals surface area contributed by atoms with E-state index >= 15 is 0 Å². The Morgan fingerprint density at radius 3 is 2.61 bits per heavy atom. The first kappa shape index (κ1) is 12.0. The van der Waals surface area contributed by atoms with Crippen molar-refractivity contribution < 1.29 is 9.47 Å². The maximum Gasteiger partial charge on any atom is 0.147 e. The van der Waals surface area contributed by atoms with E-state index in [1.165, 1.54) is 0 Å². The highest BCUT2D eigenvalue weighted by Gasteiger charge is 2.07. The van der Waals surface area contributed by atoms with Gasteiger partial charge in [0.1, 0.15) is 17.3 Å². The zero-order valence-corrected chi connectivity index (χ0v) is 10.3. The molecule has 1 heterocycles. The molecule has 0 amide bonds. The zero-order valence-electron chi connectivity index (χ0n) is 10.3. The van der Waals surface area contributed by atoms with Gasteiger partial charge in [-0.1, -0.05) is 0 Å². The number of nitrogens with two attached hydrogens (primary N) is 1. The van der Waals surface area contributed by atoms with Gasteiger partial charge in [-0.25, -0.2) is 4.98 Å². The molecule has 0 aliphatic heterocycles. The first-order chi connectivity index (χ1) is 8.74. The smallest absolute Gasteiger partial charge is 0.147 e. The first-order valence-electron chi connectivity index (χ1n) is 5.44. The van der Waals surface area contributed by atoms with Crippen molar-refractivity contribution in [3.05, 3.63) is 36.5 Å². The Morgan fingerprint density at radius 1 is 1.11 bits per heavy atom. The average molecular weight is 245 g/mol. The Hall–Kier alpha value is -2.43. The quantitative estimate of drug-likeness (QED) is 0.865. The molecular weight excluding hydrogens is 230 g/mol. The average Bonchev–Trinajstić information content (AvgIpc) is 2.41. The molecule has 5 heteroatoms. The topological polar surface area (TPSA) is 69.4 Å². The predicted octanol–water partition coefficient (Wildman–Crippen LogP) is 2.42. The number of aromatic nitrogens is 1. The molecule has 0 atom stereocenters. The zero-order chi connectivity index (χ0) is 13.0. The molecule has 0 radical (unpaired) electrons. The van der Waals surface area contributed by atoms with Gasteiger partial charge in [-0.3, -0.25) is 0 Å². The van der Waals surface area contributed by atoms with Gasteiger partial charge in [-0.2, -0.15) is 0 Å². The van der Waals surface area contributed by atoms with Crippen LogP contribution >= 0.6 is 0 Å². The van der Waals surface area contributed by atoms with Crippen LogP contribution in [0.1, 0.15) is 0 Å². The van der Waals surface area contributed by atoms with Gasteiger partial charge in [0, 0.05) is 12.3 Å². The number of hydrogen-bond donors (Lipinski definition) is 2. The van der Waals surface area contributed by atoms with Crippen molar-refractivity contribution in [2.24, 2.45) is 0 Å². The molecular formula is C13H15N3O2. The second-order valence-electron chi connectivity index (χ2n) is 3.63. The van der Waals surface area contributed by atoms with Crippen molar-refractivity contribution in [2.45, 2.75) is 0 Å². The fourth-order valence-electron chi connectivity index (χ4n) is 1.57. The minimum atomic E-state index is 0.440. The number of nitrogens with zero attached hydrogens (tertiary/aromatic N) is 1. The Morgan fingerprint density at radius 2 is 1.94 bits per heavy atom. The minimum absolute atomic E-state index is 0.440. The molecule has 94 valence electrons. The number of hydrogen-bond acceptors (Lipinski definition) is 5. The molecule has 2 rings (SSSR count). The van der Waals surface area contributed by atoms with Crippen molar-refractivity contribution in [3.63, 3.8) is 0 Å². The van der Waals surface area contributed by atoms with Gasteiger partial charge in [0.15, 0.2) is 0 Å². The lowest BCUT2D eigenvalue weighted by Crippen LogP contribution is -2.00. The number of benzene rings is 1. The number of rotatable bonds is 4. The van der Waals surface area contributed by atoms with Crippen LogP contribution in [0.3, 0.4) is 0 Å². The summed E-state index contributed by atoms with van der Waals surface area (Å²) in [5, 5.41) is 3.17. The predicted molar refractivity (Wildman–Crippen MR) is 71.5 cm³/mol. The summed E-state index contributed by atoms with van der Waals surface area (Å²) in [5.41, 5.74) is 7.32. The highest BCUT2D eigenvalue weighted by Crippen LogP contribution is 2.32. The second-order valence-corrected chi connectivity index (χ2v) is 3.63. The van der Waals surface area contributed by atoms with Crippen molar-refractivity contribution in [2.75, 3.05) is 25.3 Å². The number of anilines is 3. The van der Waals surface area contributed by atoms with E-state index in [-0.39, 0.29) is 0 Å². The van der Waals surface area contributed by atoms with E-state index in [2.05, 4.69) is 10.3 Å². The molecule has 2 aromatic rings. The molecule has 0 fully saturated rings. The van der Waals surface area contributed by atoms with Crippen LogP contribution in [-0.4, -0.2) is 19.2 Å². The summed E-state index contributed by atoms with van der Waals surface area (Å²) in [4.78, 5) is 4.01. The number of nitrogen functional groups attached to an aromatic ring is 1. The number of nitrogens with one attached hydrogen (secondary N) is 1. The van der Waals surface area contributed by atoms with Gasteiger partial charge in [0.25, 0.3) is 0 Å². The third-order valence-corrected chi connectivity index (χ3v) is 2.52. The minimum Gasteiger partial charge on any atom is -0.497 e. The van der Waals surface area contributed by atoms with Gasteiger partial charge in [0.05, 0.1) is 25.6 Å². The van der Waals surface area contributed by atoms with Crippen LogP contribution in [0.15, 0.2) is 36.5 Å². The summed E-state index contributed by atoms with van der Waals surface area (Å²) < 4.78 is 10.4. The molecule has 0 spiro atoms. The number of pyridine rings is 1. The van der Waals surface area contributed by atoms with Crippen LogP contribution in [0.4, 0.5) is 17.2 Å². The van der Waals surface area contributed by atoms with Crippen LogP contribution < -0.4 is 20.5 Å². The number of methoxy groups -OCH3 is 2. The van der Waals surface area contributed by atoms with Crippen molar-refractivity contribution in [1.82, 2.24) is 4.98 Å². The summed E-state index contributed by atoms with van der Waals surface area (Å²) in [7, 11) is 3.22. The van der Waals surface area contributed by atoms with Crippen molar-refractivity contribution in [3.8, 4) is 11.5 Å². The van der Waals surface area contributed by atoms with Crippen molar-refractivity contribution in [1.29, 1.82) is 0 Å². The largest absolute Gasteiger partial charge is 0.497 e. The molecule has 3 N–H and O–H groups in total. The molecule has 0 unspecified atom stereocenters. The van der Waals surface area contributed by atoms with Crippen LogP contribution in [0.5, 0.6) is 11.5 Å². The molecule has 0 bridgehead atoms. The molecule has 18 heavy (non-hydrogen) atoms. The maximum absolute atomic E-state index is 5.78. The lowest BCUT2D eigenvalue weighted by Gasteiger charge is -2.13. The van der Waals surface area contributed by atoms with Crippen LogP contribution in [0.2, 0.25) is 0 Å². The maximum atomic E-state index is 5.78. The van der Waals surface area contributed by atoms with E-state index in [1.807, 2.05) is 24.3 Å². The molecule has 5 nitrogen and oxygen atoms in total. The fraction of sp³-hybridized carbons (Fsp3) is 0.154. The van der Waals surface area contributed by atoms with E-state index in [0.29, 0.717) is 11.6 Å². The third kappa shape index (κ3) is 2.45. The Balaban J connectivity index is 2.32. The normalized spacial score (nSPS) is 9.89. The third-order valence-electron chi connectivity index (χ3n) is 2.52. The van der Waals surface area contributed by atoms with Crippen molar-refractivity contribution >= 4 is 17.2 Å². The van der Waals surface area contributed by atoms with E-state index in [9.17, 15) is 0 Å². The van der Waals surface area contributed by atoms with Crippen LogP contribution in [-0.2, 0) is 0 Å². The van der Waals surface area contributed by atoms with Crippen LogP contribution in [0, 0.1) is 0 Å². The van der Waals surface area contributed by atoms with Gasteiger partial charge in [-0.05, 0) is 24.3 Å². The van der Waals surface area contributed by atoms with Gasteiger partial charge < -0.3 is 20.5 Å². The van der Waals surface area contributed by atoms with E-state index in [4.69, 9.17) is 15.2 Å². The Bertz CT molecular complexity index is 544. The number of ether oxygens (including phenoxy) is 2. The highest BCUT2D eigenvalue weighted by molar-refractivity contribution is 5.73. The fourth-order valence-corrected chi connectivity index (χ4v) is 1.57.